The standard InChI is InChI=1S/C27H32N2O5S/c1-5-33-26(30)20-34-24-9-6-8-22(16-24)19-29(35(31,32)25-10-7-15-28-17-25)18-21-11-13-23(14-12-21)27(2,3)4/h6-17H,5,18-20H2,1-4H3. The summed E-state index contributed by atoms with van der Waals surface area (Å²) in [6.45, 7) is 8.51. The Morgan fingerprint density at radius 1 is 0.971 bits per heavy atom. The van der Waals surface area contributed by atoms with E-state index in [1.807, 2.05) is 30.3 Å². The molecule has 0 fully saturated rings. The van der Waals surface area contributed by atoms with E-state index < -0.39 is 16.0 Å². The first-order valence-corrected chi connectivity index (χ1v) is 12.9. The van der Waals surface area contributed by atoms with Gasteiger partial charge in [-0.3, -0.25) is 4.98 Å². The Hall–Kier alpha value is -3.23. The lowest BCUT2D eigenvalue weighted by atomic mass is 9.87. The Balaban J connectivity index is 1.87. The third-order valence-electron chi connectivity index (χ3n) is 5.37. The molecule has 0 atom stereocenters. The predicted molar refractivity (Wildman–Crippen MR) is 134 cm³/mol. The van der Waals surface area contributed by atoms with E-state index in [9.17, 15) is 13.2 Å². The van der Waals surface area contributed by atoms with Crippen molar-refractivity contribution in [2.75, 3.05) is 13.2 Å². The van der Waals surface area contributed by atoms with Crippen LogP contribution in [0.4, 0.5) is 0 Å². The average Bonchev–Trinajstić information content (AvgIpc) is 2.83. The number of sulfonamides is 1. The third kappa shape index (κ3) is 7.37. The largest absolute Gasteiger partial charge is 0.482 e. The number of carbonyl (C=O) groups is 1. The number of nitrogens with zero attached hydrogens (tertiary/aromatic N) is 2. The van der Waals surface area contributed by atoms with E-state index in [4.69, 9.17) is 9.47 Å². The molecule has 0 saturated heterocycles. The highest BCUT2D eigenvalue weighted by atomic mass is 32.2. The minimum atomic E-state index is -3.83. The van der Waals surface area contributed by atoms with Crippen molar-refractivity contribution in [2.24, 2.45) is 0 Å². The molecule has 0 radical (unpaired) electrons. The van der Waals surface area contributed by atoms with Gasteiger partial charge in [-0.25, -0.2) is 13.2 Å². The zero-order valence-corrected chi connectivity index (χ0v) is 21.4. The highest BCUT2D eigenvalue weighted by molar-refractivity contribution is 7.89. The number of aromatic nitrogens is 1. The number of ether oxygens (including phenoxy) is 2. The van der Waals surface area contributed by atoms with Crippen LogP contribution in [-0.4, -0.2) is 36.9 Å². The fraction of sp³-hybridized carbons (Fsp3) is 0.333. The lowest BCUT2D eigenvalue weighted by Gasteiger charge is -2.24. The highest BCUT2D eigenvalue weighted by Gasteiger charge is 2.25. The van der Waals surface area contributed by atoms with Crippen molar-refractivity contribution < 1.29 is 22.7 Å². The molecule has 0 unspecified atom stereocenters. The molecule has 3 rings (SSSR count). The molecule has 0 aliphatic heterocycles. The second-order valence-electron chi connectivity index (χ2n) is 9.15. The first-order chi connectivity index (χ1) is 16.6. The van der Waals surface area contributed by atoms with Crippen LogP contribution in [0.3, 0.4) is 0 Å². The Bertz CT molecular complexity index is 1220. The third-order valence-corrected chi connectivity index (χ3v) is 7.15. The van der Waals surface area contributed by atoms with Gasteiger partial charge in [0.25, 0.3) is 0 Å². The van der Waals surface area contributed by atoms with Crippen LogP contribution in [-0.2, 0) is 38.1 Å². The summed E-state index contributed by atoms with van der Waals surface area (Å²) in [6.07, 6.45) is 2.89. The van der Waals surface area contributed by atoms with Crippen molar-refractivity contribution in [2.45, 2.75) is 51.1 Å². The quantitative estimate of drug-likeness (QED) is 0.378. The Morgan fingerprint density at radius 3 is 2.31 bits per heavy atom. The SMILES string of the molecule is CCOC(=O)COc1cccc(CN(Cc2ccc(C(C)(C)C)cc2)S(=O)(=O)c2cccnc2)c1. The van der Waals surface area contributed by atoms with E-state index in [1.54, 1.807) is 37.4 Å². The van der Waals surface area contributed by atoms with Crippen LogP contribution in [0, 0.1) is 0 Å². The molecule has 1 heterocycles. The molecule has 1 aromatic heterocycles. The van der Waals surface area contributed by atoms with Gasteiger partial charge in [0.15, 0.2) is 6.61 Å². The summed E-state index contributed by atoms with van der Waals surface area (Å²) in [6, 6.07) is 18.2. The van der Waals surface area contributed by atoms with Gasteiger partial charge in [-0.2, -0.15) is 4.31 Å². The summed E-state index contributed by atoms with van der Waals surface area (Å²) >= 11 is 0. The molecule has 2 aromatic carbocycles. The maximum Gasteiger partial charge on any atom is 0.344 e. The smallest absolute Gasteiger partial charge is 0.344 e. The number of benzene rings is 2. The minimum Gasteiger partial charge on any atom is -0.482 e. The van der Waals surface area contributed by atoms with E-state index in [0.29, 0.717) is 5.75 Å². The summed E-state index contributed by atoms with van der Waals surface area (Å²) in [5.41, 5.74) is 2.78. The lowest BCUT2D eigenvalue weighted by Crippen LogP contribution is -2.30. The van der Waals surface area contributed by atoms with Crippen molar-refractivity contribution in [1.29, 1.82) is 0 Å². The molecule has 186 valence electrons. The predicted octanol–water partition coefficient (Wildman–Crippen LogP) is 4.71. The fourth-order valence-electron chi connectivity index (χ4n) is 3.47. The fourth-order valence-corrected chi connectivity index (χ4v) is 4.85. The monoisotopic (exact) mass is 496 g/mol. The van der Waals surface area contributed by atoms with Crippen LogP contribution in [0.2, 0.25) is 0 Å². The summed E-state index contributed by atoms with van der Waals surface area (Å²) in [5.74, 6) is 0.00111. The van der Waals surface area contributed by atoms with Crippen LogP contribution in [0.5, 0.6) is 5.75 Å². The molecule has 35 heavy (non-hydrogen) atoms. The number of carbonyl (C=O) groups excluding carboxylic acids is 1. The summed E-state index contributed by atoms with van der Waals surface area (Å²) < 4.78 is 38.9. The molecule has 0 saturated carbocycles. The highest BCUT2D eigenvalue weighted by Crippen LogP contribution is 2.25. The second kappa shape index (κ2) is 11.5. The number of hydrogen-bond donors (Lipinski definition) is 0. The average molecular weight is 497 g/mol. The summed E-state index contributed by atoms with van der Waals surface area (Å²) in [5, 5.41) is 0. The summed E-state index contributed by atoms with van der Waals surface area (Å²) in [4.78, 5) is 15.7. The maximum atomic E-state index is 13.5. The van der Waals surface area contributed by atoms with E-state index in [-0.39, 0.29) is 36.6 Å². The van der Waals surface area contributed by atoms with Gasteiger partial charge in [0.1, 0.15) is 10.6 Å². The Morgan fingerprint density at radius 2 is 1.69 bits per heavy atom. The van der Waals surface area contributed by atoms with Crippen molar-refractivity contribution in [3.05, 3.63) is 89.7 Å². The van der Waals surface area contributed by atoms with Crippen LogP contribution >= 0.6 is 0 Å². The van der Waals surface area contributed by atoms with Crippen molar-refractivity contribution >= 4 is 16.0 Å². The van der Waals surface area contributed by atoms with Gasteiger partial charge in [-0.15, -0.1) is 0 Å². The molecule has 8 heteroatoms. The van der Waals surface area contributed by atoms with E-state index in [1.165, 1.54) is 22.1 Å². The maximum absolute atomic E-state index is 13.5. The molecular weight excluding hydrogens is 464 g/mol. The molecule has 0 bridgehead atoms. The van der Waals surface area contributed by atoms with Crippen molar-refractivity contribution in [1.82, 2.24) is 9.29 Å². The number of pyridine rings is 1. The molecule has 7 nitrogen and oxygen atoms in total. The second-order valence-corrected chi connectivity index (χ2v) is 11.1. The van der Waals surface area contributed by atoms with Crippen LogP contribution in [0.1, 0.15) is 44.4 Å². The normalized spacial score (nSPS) is 11.9. The van der Waals surface area contributed by atoms with Gasteiger partial charge < -0.3 is 9.47 Å². The number of hydrogen-bond acceptors (Lipinski definition) is 6. The van der Waals surface area contributed by atoms with E-state index >= 15 is 0 Å². The van der Waals surface area contributed by atoms with Gasteiger partial charge >= 0.3 is 5.97 Å². The minimum absolute atomic E-state index is 0.00396. The molecule has 0 amide bonds. The van der Waals surface area contributed by atoms with Crippen molar-refractivity contribution in [3.63, 3.8) is 0 Å². The van der Waals surface area contributed by atoms with Gasteiger partial charge in [0.2, 0.25) is 10.0 Å². The van der Waals surface area contributed by atoms with E-state index in [2.05, 4.69) is 25.8 Å². The van der Waals surface area contributed by atoms with Gasteiger partial charge in [0.05, 0.1) is 6.61 Å². The van der Waals surface area contributed by atoms with Crippen molar-refractivity contribution in [3.8, 4) is 5.75 Å². The number of rotatable bonds is 10. The van der Waals surface area contributed by atoms with Crippen LogP contribution in [0.25, 0.3) is 0 Å². The molecule has 0 N–H and O–H groups in total. The van der Waals surface area contributed by atoms with Gasteiger partial charge in [-0.1, -0.05) is 57.2 Å². The molecule has 0 aliphatic carbocycles. The zero-order valence-electron chi connectivity index (χ0n) is 20.6. The topological polar surface area (TPSA) is 85.8 Å². The number of esters is 1. The molecular formula is C27H32N2O5S. The molecule has 3 aromatic rings. The first kappa shape index (κ1) is 26.4. The zero-order chi connectivity index (χ0) is 25.5. The molecule has 0 aliphatic rings. The molecule has 0 spiro atoms. The first-order valence-electron chi connectivity index (χ1n) is 11.5. The van der Waals surface area contributed by atoms with Crippen LogP contribution in [0.15, 0.2) is 78.0 Å². The van der Waals surface area contributed by atoms with Crippen LogP contribution < -0.4 is 4.74 Å². The van der Waals surface area contributed by atoms with Gasteiger partial charge in [-0.05, 0) is 53.3 Å². The lowest BCUT2D eigenvalue weighted by molar-refractivity contribution is -0.145. The Kier molecular flexibility index (Phi) is 8.64. The van der Waals surface area contributed by atoms with Gasteiger partial charge in [0, 0.05) is 25.5 Å². The van der Waals surface area contributed by atoms with E-state index in [0.717, 1.165) is 11.1 Å². The Labute approximate surface area is 207 Å². The summed E-state index contributed by atoms with van der Waals surface area (Å²) in [7, 11) is -3.83.